The van der Waals surface area contributed by atoms with Crippen LogP contribution in [0.1, 0.15) is 30.5 Å². The van der Waals surface area contributed by atoms with Crippen molar-refractivity contribution in [3.8, 4) is 0 Å². The molecule has 0 spiro atoms. The molecule has 1 aliphatic carbocycles. The van der Waals surface area contributed by atoms with Gasteiger partial charge in [-0.3, -0.25) is 9.88 Å². The summed E-state index contributed by atoms with van der Waals surface area (Å²) in [5.74, 6) is 0. The SMILES string of the molecule is CN(Cc1ccc(C(F)F)nc1)C1CC1. The number of nitrogens with zero attached hydrogens (tertiary/aromatic N) is 2. The van der Waals surface area contributed by atoms with E-state index in [1.807, 2.05) is 0 Å². The van der Waals surface area contributed by atoms with Gasteiger partial charge in [0.15, 0.2) is 0 Å². The minimum absolute atomic E-state index is 0.146. The summed E-state index contributed by atoms with van der Waals surface area (Å²) in [5.41, 5.74) is 0.849. The molecule has 0 saturated heterocycles. The molecule has 1 fully saturated rings. The van der Waals surface area contributed by atoms with E-state index in [1.165, 1.54) is 18.9 Å². The molecule has 4 heteroatoms. The third-order valence-corrected chi connectivity index (χ3v) is 2.67. The molecule has 1 aliphatic rings. The standard InChI is InChI=1S/C11H14F2N2/c1-15(9-3-4-9)7-8-2-5-10(11(12)13)14-6-8/h2,5-6,9,11H,3-4,7H2,1H3. The molecule has 2 rings (SSSR count). The molecule has 1 aromatic heterocycles. The van der Waals surface area contributed by atoms with Crippen LogP contribution in [-0.4, -0.2) is 23.0 Å². The fourth-order valence-electron chi connectivity index (χ4n) is 1.59. The fourth-order valence-corrected chi connectivity index (χ4v) is 1.59. The predicted molar refractivity (Wildman–Crippen MR) is 53.7 cm³/mol. The Hall–Kier alpha value is -1.03. The van der Waals surface area contributed by atoms with Gasteiger partial charge in [0.2, 0.25) is 0 Å². The summed E-state index contributed by atoms with van der Waals surface area (Å²) in [6, 6.07) is 3.81. The Morgan fingerprint density at radius 1 is 1.47 bits per heavy atom. The van der Waals surface area contributed by atoms with Crippen molar-refractivity contribution in [3.05, 3.63) is 29.6 Å². The molecule has 0 unspecified atom stereocenters. The summed E-state index contributed by atoms with van der Waals surface area (Å²) in [5, 5.41) is 0. The molecule has 1 heterocycles. The van der Waals surface area contributed by atoms with Gasteiger partial charge in [0.05, 0.1) is 0 Å². The lowest BCUT2D eigenvalue weighted by Gasteiger charge is -2.15. The molecule has 0 aromatic carbocycles. The number of aromatic nitrogens is 1. The minimum atomic E-state index is -2.47. The summed E-state index contributed by atoms with van der Waals surface area (Å²) in [4.78, 5) is 5.97. The van der Waals surface area contributed by atoms with Gasteiger partial charge in [-0.05, 0) is 31.5 Å². The van der Waals surface area contributed by atoms with Crippen LogP contribution in [0, 0.1) is 0 Å². The molecule has 82 valence electrons. The Kier molecular flexibility index (Phi) is 2.95. The smallest absolute Gasteiger partial charge is 0.280 e. The average Bonchev–Trinajstić information content (AvgIpc) is 3.01. The van der Waals surface area contributed by atoms with Crippen molar-refractivity contribution in [2.75, 3.05) is 7.05 Å². The molecule has 1 saturated carbocycles. The maximum absolute atomic E-state index is 12.2. The highest BCUT2D eigenvalue weighted by molar-refractivity contribution is 5.15. The van der Waals surface area contributed by atoms with Gasteiger partial charge in [-0.2, -0.15) is 0 Å². The molecule has 0 amide bonds. The molecule has 0 bridgehead atoms. The monoisotopic (exact) mass is 212 g/mol. The molecule has 0 radical (unpaired) electrons. The first-order chi connectivity index (χ1) is 7.16. The van der Waals surface area contributed by atoms with Gasteiger partial charge in [0.25, 0.3) is 6.43 Å². The van der Waals surface area contributed by atoms with E-state index in [9.17, 15) is 8.78 Å². The zero-order valence-corrected chi connectivity index (χ0v) is 8.66. The molecule has 1 aromatic rings. The topological polar surface area (TPSA) is 16.1 Å². The summed E-state index contributed by atoms with van der Waals surface area (Å²) >= 11 is 0. The fraction of sp³-hybridized carbons (Fsp3) is 0.545. The van der Waals surface area contributed by atoms with Crippen LogP contribution in [0.2, 0.25) is 0 Å². The van der Waals surface area contributed by atoms with Crippen molar-refractivity contribution in [1.29, 1.82) is 0 Å². The van der Waals surface area contributed by atoms with Crippen LogP contribution in [0.15, 0.2) is 18.3 Å². The van der Waals surface area contributed by atoms with E-state index in [2.05, 4.69) is 16.9 Å². The lowest BCUT2D eigenvalue weighted by molar-refractivity contribution is 0.146. The molecule has 15 heavy (non-hydrogen) atoms. The second-order valence-corrected chi connectivity index (χ2v) is 4.04. The number of pyridine rings is 1. The zero-order valence-electron chi connectivity index (χ0n) is 8.66. The second-order valence-electron chi connectivity index (χ2n) is 4.04. The predicted octanol–water partition coefficient (Wildman–Crippen LogP) is 2.61. The summed E-state index contributed by atoms with van der Waals surface area (Å²) in [7, 11) is 2.05. The second kappa shape index (κ2) is 4.23. The third-order valence-electron chi connectivity index (χ3n) is 2.67. The Balaban J connectivity index is 1.97. The highest BCUT2D eigenvalue weighted by Crippen LogP contribution is 2.26. The van der Waals surface area contributed by atoms with Crippen LogP contribution >= 0.6 is 0 Å². The Labute approximate surface area is 87.9 Å². The first kappa shape index (κ1) is 10.5. The first-order valence-corrected chi connectivity index (χ1v) is 5.10. The number of hydrogen-bond donors (Lipinski definition) is 0. The van der Waals surface area contributed by atoms with Crippen LogP contribution in [0.3, 0.4) is 0 Å². The Morgan fingerprint density at radius 3 is 2.67 bits per heavy atom. The molecule has 2 nitrogen and oxygen atoms in total. The molecular weight excluding hydrogens is 198 g/mol. The van der Waals surface area contributed by atoms with E-state index in [-0.39, 0.29) is 5.69 Å². The highest BCUT2D eigenvalue weighted by Gasteiger charge is 2.25. The van der Waals surface area contributed by atoms with Crippen molar-refractivity contribution in [2.24, 2.45) is 0 Å². The normalized spacial score (nSPS) is 16.3. The number of rotatable bonds is 4. The van der Waals surface area contributed by atoms with Crippen LogP contribution in [0.25, 0.3) is 0 Å². The number of halogens is 2. The van der Waals surface area contributed by atoms with E-state index in [4.69, 9.17) is 0 Å². The molecular formula is C11H14F2N2. The van der Waals surface area contributed by atoms with E-state index < -0.39 is 6.43 Å². The van der Waals surface area contributed by atoms with Crippen LogP contribution in [0.4, 0.5) is 8.78 Å². The quantitative estimate of drug-likeness (QED) is 0.762. The van der Waals surface area contributed by atoms with E-state index in [0.29, 0.717) is 6.04 Å². The van der Waals surface area contributed by atoms with Gasteiger partial charge in [0, 0.05) is 18.8 Å². The molecule has 0 N–H and O–H groups in total. The summed E-state index contributed by atoms with van der Waals surface area (Å²) in [6.45, 7) is 0.793. The van der Waals surface area contributed by atoms with Crippen molar-refractivity contribution in [2.45, 2.75) is 31.9 Å². The van der Waals surface area contributed by atoms with Crippen LogP contribution in [0.5, 0.6) is 0 Å². The summed E-state index contributed by atoms with van der Waals surface area (Å²) in [6.07, 6.45) is 1.57. The first-order valence-electron chi connectivity index (χ1n) is 5.10. The van der Waals surface area contributed by atoms with Crippen molar-refractivity contribution in [3.63, 3.8) is 0 Å². The van der Waals surface area contributed by atoms with E-state index in [1.54, 1.807) is 12.3 Å². The third kappa shape index (κ3) is 2.72. The highest BCUT2D eigenvalue weighted by atomic mass is 19.3. The minimum Gasteiger partial charge on any atom is -0.299 e. The lowest BCUT2D eigenvalue weighted by atomic mass is 10.2. The largest absolute Gasteiger partial charge is 0.299 e. The molecule has 0 atom stereocenters. The van der Waals surface area contributed by atoms with Crippen LogP contribution < -0.4 is 0 Å². The zero-order chi connectivity index (χ0) is 10.8. The van der Waals surface area contributed by atoms with Gasteiger partial charge in [-0.25, -0.2) is 8.78 Å². The van der Waals surface area contributed by atoms with Gasteiger partial charge < -0.3 is 0 Å². The molecule has 0 aliphatic heterocycles. The van der Waals surface area contributed by atoms with E-state index >= 15 is 0 Å². The summed E-state index contributed by atoms with van der Waals surface area (Å²) < 4.78 is 24.5. The Morgan fingerprint density at radius 2 is 2.20 bits per heavy atom. The van der Waals surface area contributed by atoms with Gasteiger partial charge >= 0.3 is 0 Å². The van der Waals surface area contributed by atoms with Crippen LogP contribution in [-0.2, 0) is 6.54 Å². The van der Waals surface area contributed by atoms with Crippen molar-refractivity contribution >= 4 is 0 Å². The Bertz CT molecular complexity index is 320. The maximum Gasteiger partial charge on any atom is 0.280 e. The van der Waals surface area contributed by atoms with Crippen molar-refractivity contribution < 1.29 is 8.78 Å². The number of hydrogen-bond acceptors (Lipinski definition) is 2. The average molecular weight is 212 g/mol. The maximum atomic E-state index is 12.2. The number of alkyl halides is 2. The van der Waals surface area contributed by atoms with Crippen molar-refractivity contribution in [1.82, 2.24) is 9.88 Å². The van der Waals surface area contributed by atoms with Gasteiger partial charge in [-0.15, -0.1) is 0 Å². The van der Waals surface area contributed by atoms with Gasteiger partial charge in [-0.1, -0.05) is 6.07 Å². The van der Waals surface area contributed by atoms with E-state index in [0.717, 1.165) is 12.1 Å². The lowest BCUT2D eigenvalue weighted by Crippen LogP contribution is -2.19. The van der Waals surface area contributed by atoms with Gasteiger partial charge in [0.1, 0.15) is 5.69 Å².